The van der Waals surface area contributed by atoms with E-state index in [-0.39, 0.29) is 36.0 Å². The molecule has 0 heterocycles. The summed E-state index contributed by atoms with van der Waals surface area (Å²) in [6, 6.07) is 0. The first-order valence-corrected chi connectivity index (χ1v) is 7.89. The number of aliphatic carboxylic acids is 2. The predicted molar refractivity (Wildman–Crippen MR) is 88.3 cm³/mol. The fraction of sp³-hybridized carbons (Fsp3) is 0.824. The fourth-order valence-corrected chi connectivity index (χ4v) is 1.91. The van der Waals surface area contributed by atoms with Crippen molar-refractivity contribution in [2.45, 2.75) is 79.1 Å². The van der Waals surface area contributed by atoms with Gasteiger partial charge in [0.1, 0.15) is 0 Å². The topological polar surface area (TPSA) is 74.6 Å². The monoisotopic (exact) mass is 362 g/mol. The van der Waals surface area contributed by atoms with Gasteiger partial charge in [-0.1, -0.05) is 53.4 Å². The summed E-state index contributed by atoms with van der Waals surface area (Å²) in [6.07, 6.45) is 7.43. The van der Waals surface area contributed by atoms with Gasteiger partial charge in [-0.3, -0.25) is 9.59 Å². The van der Waals surface area contributed by atoms with Gasteiger partial charge >= 0.3 is 11.9 Å². The molecular formula is C17H35CoO4+. The molecule has 0 saturated carbocycles. The molecule has 2 unspecified atom stereocenters. The second kappa shape index (κ2) is 20.3. The number of rotatable bonds is 10. The summed E-state index contributed by atoms with van der Waals surface area (Å²) < 4.78 is 0. The van der Waals surface area contributed by atoms with E-state index in [1.165, 1.54) is 0 Å². The van der Waals surface area contributed by atoms with E-state index in [1.807, 2.05) is 13.8 Å². The Balaban J connectivity index is -0.000000135. The Labute approximate surface area is 147 Å². The van der Waals surface area contributed by atoms with Gasteiger partial charge in [-0.15, -0.1) is 0 Å². The van der Waals surface area contributed by atoms with Gasteiger partial charge in [-0.25, -0.2) is 0 Å². The van der Waals surface area contributed by atoms with E-state index in [9.17, 15) is 9.59 Å². The SMILES string of the molecule is CCCCC(CC)C(=O)O.CCCCC(CC)C(=O)O.[CH3+].[Co]. The Morgan fingerprint density at radius 2 is 1.05 bits per heavy atom. The average molecular weight is 362 g/mol. The van der Waals surface area contributed by atoms with E-state index < -0.39 is 11.9 Å². The van der Waals surface area contributed by atoms with Crippen LogP contribution in [0.15, 0.2) is 0 Å². The average Bonchev–Trinajstić information content (AvgIpc) is 2.40. The summed E-state index contributed by atoms with van der Waals surface area (Å²) in [7, 11) is 0. The maximum atomic E-state index is 10.4. The number of hydrogen-bond donors (Lipinski definition) is 2. The smallest absolute Gasteiger partial charge is 0.306 e. The third-order valence-electron chi connectivity index (χ3n) is 3.50. The summed E-state index contributed by atoms with van der Waals surface area (Å²) in [4.78, 5) is 20.9. The van der Waals surface area contributed by atoms with Gasteiger partial charge in [0.05, 0.1) is 11.8 Å². The first kappa shape index (κ1) is 29.3. The Kier molecular flexibility index (Phi) is 27.1. The number of unbranched alkanes of at least 4 members (excludes halogenated alkanes) is 2. The van der Waals surface area contributed by atoms with Crippen molar-refractivity contribution in [3.05, 3.63) is 7.43 Å². The van der Waals surface area contributed by atoms with Crippen molar-refractivity contribution in [2.24, 2.45) is 11.8 Å². The molecule has 5 heteroatoms. The van der Waals surface area contributed by atoms with Crippen LogP contribution in [0.25, 0.3) is 0 Å². The quantitative estimate of drug-likeness (QED) is 0.535. The Hall–Kier alpha value is -0.684. The van der Waals surface area contributed by atoms with Crippen molar-refractivity contribution in [3.63, 3.8) is 0 Å². The van der Waals surface area contributed by atoms with Crippen molar-refractivity contribution in [2.75, 3.05) is 0 Å². The third-order valence-corrected chi connectivity index (χ3v) is 3.50. The third kappa shape index (κ3) is 17.4. The number of carboxylic acids is 2. The molecule has 0 aliphatic heterocycles. The second-order valence-corrected chi connectivity index (χ2v) is 5.17. The van der Waals surface area contributed by atoms with Crippen LogP contribution in [0.4, 0.5) is 0 Å². The van der Waals surface area contributed by atoms with Crippen LogP contribution in [-0.2, 0) is 26.4 Å². The normalized spacial score (nSPS) is 11.8. The van der Waals surface area contributed by atoms with Crippen LogP contribution in [0.5, 0.6) is 0 Å². The summed E-state index contributed by atoms with van der Waals surface area (Å²) in [5.41, 5.74) is 0. The molecule has 0 aromatic carbocycles. The van der Waals surface area contributed by atoms with Crippen molar-refractivity contribution in [1.82, 2.24) is 0 Å². The van der Waals surface area contributed by atoms with Crippen LogP contribution in [0, 0.1) is 19.3 Å². The summed E-state index contributed by atoms with van der Waals surface area (Å²) in [6.45, 7) is 8.01. The van der Waals surface area contributed by atoms with E-state index in [1.54, 1.807) is 0 Å². The minimum absolute atomic E-state index is 0. The molecule has 0 bridgehead atoms. The van der Waals surface area contributed by atoms with E-state index in [0.717, 1.165) is 51.4 Å². The van der Waals surface area contributed by atoms with Crippen LogP contribution in [0.3, 0.4) is 0 Å². The maximum absolute atomic E-state index is 10.4. The van der Waals surface area contributed by atoms with E-state index in [2.05, 4.69) is 13.8 Å². The first-order chi connectivity index (χ1) is 9.44. The molecule has 0 aliphatic carbocycles. The maximum Gasteiger partial charge on any atom is 0.306 e. The molecule has 0 spiro atoms. The van der Waals surface area contributed by atoms with Crippen molar-refractivity contribution < 1.29 is 36.6 Å². The van der Waals surface area contributed by atoms with E-state index in [4.69, 9.17) is 10.2 Å². The molecule has 1 radical (unpaired) electrons. The molecule has 0 saturated heterocycles. The van der Waals surface area contributed by atoms with E-state index >= 15 is 0 Å². The molecular weight excluding hydrogens is 327 g/mol. The molecule has 0 aliphatic rings. The standard InChI is InChI=1S/2C8H16O2.CH3.Co/c2*1-3-5-6-7(4-2)8(9)10;;/h2*7H,3-6H2,1-2H3,(H,9,10);1H3;/q;;+1;. The summed E-state index contributed by atoms with van der Waals surface area (Å²) >= 11 is 0. The van der Waals surface area contributed by atoms with E-state index in [0.29, 0.717) is 0 Å². The van der Waals surface area contributed by atoms with Crippen LogP contribution in [-0.4, -0.2) is 22.2 Å². The largest absolute Gasteiger partial charge is 0.481 e. The molecule has 2 atom stereocenters. The van der Waals surface area contributed by atoms with Gasteiger partial charge in [0.25, 0.3) is 0 Å². The molecule has 22 heavy (non-hydrogen) atoms. The molecule has 0 amide bonds. The van der Waals surface area contributed by atoms with Crippen LogP contribution < -0.4 is 0 Å². The van der Waals surface area contributed by atoms with Crippen LogP contribution in [0.1, 0.15) is 79.1 Å². The zero-order chi connectivity index (χ0) is 16.0. The summed E-state index contributed by atoms with van der Waals surface area (Å²) in [5.74, 6) is -1.51. The Morgan fingerprint density at radius 1 is 0.773 bits per heavy atom. The molecule has 4 nitrogen and oxygen atoms in total. The molecule has 0 rings (SSSR count). The minimum Gasteiger partial charge on any atom is -0.481 e. The Morgan fingerprint density at radius 3 is 1.18 bits per heavy atom. The van der Waals surface area contributed by atoms with Crippen LogP contribution >= 0.6 is 0 Å². The molecule has 2 N–H and O–H groups in total. The molecule has 0 fully saturated rings. The zero-order valence-electron chi connectivity index (χ0n) is 14.9. The number of carboxylic acid groups (broad SMARTS) is 2. The Bertz CT molecular complexity index is 231. The molecule has 135 valence electrons. The minimum atomic E-state index is -0.643. The van der Waals surface area contributed by atoms with Gasteiger partial charge in [-0.2, -0.15) is 0 Å². The van der Waals surface area contributed by atoms with Gasteiger partial charge in [0.15, 0.2) is 0 Å². The van der Waals surface area contributed by atoms with Crippen molar-refractivity contribution >= 4 is 11.9 Å². The molecule has 0 aromatic heterocycles. The number of hydrogen-bond acceptors (Lipinski definition) is 2. The van der Waals surface area contributed by atoms with Crippen molar-refractivity contribution in [1.29, 1.82) is 0 Å². The second-order valence-electron chi connectivity index (χ2n) is 5.17. The first-order valence-electron chi connectivity index (χ1n) is 7.89. The molecule has 0 aromatic rings. The van der Waals surface area contributed by atoms with Gasteiger partial charge in [0.2, 0.25) is 0 Å². The van der Waals surface area contributed by atoms with Crippen LogP contribution in [0.2, 0.25) is 0 Å². The van der Waals surface area contributed by atoms with Gasteiger partial charge in [0, 0.05) is 24.2 Å². The predicted octanol–water partition coefficient (Wildman–Crippen LogP) is 5.02. The zero-order valence-corrected chi connectivity index (χ0v) is 15.9. The van der Waals surface area contributed by atoms with Crippen molar-refractivity contribution in [3.8, 4) is 0 Å². The van der Waals surface area contributed by atoms with Gasteiger partial charge in [-0.05, 0) is 25.7 Å². The van der Waals surface area contributed by atoms with Gasteiger partial charge < -0.3 is 10.2 Å². The summed E-state index contributed by atoms with van der Waals surface area (Å²) in [5, 5.41) is 17.2. The fourth-order valence-electron chi connectivity index (χ4n) is 1.91. The number of carbonyl (C=O) groups is 2.